The zero-order valence-electron chi connectivity index (χ0n) is 9.60. The van der Waals surface area contributed by atoms with Crippen molar-refractivity contribution in [2.45, 2.75) is 0 Å². The predicted molar refractivity (Wildman–Crippen MR) is 61.6 cm³/mol. The molecule has 0 atom stereocenters. The number of carbonyl (C=O) groups excluding carboxylic acids is 1. The van der Waals surface area contributed by atoms with Gasteiger partial charge in [-0.15, -0.1) is 0 Å². The van der Waals surface area contributed by atoms with Crippen molar-refractivity contribution in [1.82, 2.24) is 0 Å². The van der Waals surface area contributed by atoms with Gasteiger partial charge in [0.1, 0.15) is 0 Å². The Labute approximate surface area is 99.1 Å². The number of carbonyl (C=O) groups is 1. The van der Waals surface area contributed by atoms with E-state index in [-0.39, 0.29) is 0 Å². The summed E-state index contributed by atoms with van der Waals surface area (Å²) in [5, 5.41) is 0. The van der Waals surface area contributed by atoms with Gasteiger partial charge in [0.05, 0.1) is 20.3 Å². The molecule has 0 fully saturated rings. The quantitative estimate of drug-likeness (QED) is 0.591. The van der Waals surface area contributed by atoms with Crippen LogP contribution in [-0.4, -0.2) is 20.2 Å². The van der Waals surface area contributed by atoms with Crippen LogP contribution >= 0.6 is 0 Å². The zero-order chi connectivity index (χ0) is 12.3. The Kier molecular flexibility index (Phi) is 3.14. The first kappa shape index (κ1) is 11.3. The third-order valence-electron chi connectivity index (χ3n) is 2.34. The monoisotopic (exact) mass is 232 g/mol. The van der Waals surface area contributed by atoms with Crippen LogP contribution in [0.1, 0.15) is 5.56 Å². The van der Waals surface area contributed by atoms with Crippen molar-refractivity contribution in [3.05, 3.63) is 53.5 Å². The van der Waals surface area contributed by atoms with E-state index < -0.39 is 5.97 Å². The second-order valence-corrected chi connectivity index (χ2v) is 3.36. The van der Waals surface area contributed by atoms with E-state index >= 15 is 0 Å². The van der Waals surface area contributed by atoms with Crippen LogP contribution in [0.3, 0.4) is 0 Å². The first-order chi connectivity index (χ1) is 8.26. The van der Waals surface area contributed by atoms with Crippen molar-refractivity contribution in [2.24, 2.45) is 0 Å². The predicted octanol–water partition coefficient (Wildman–Crippen LogP) is 2.09. The molecule has 88 valence electrons. The molecule has 0 saturated heterocycles. The first-order valence-electron chi connectivity index (χ1n) is 5.08. The Hall–Kier alpha value is -2.23. The molecule has 0 radical (unpaired) electrons. The molecular weight excluding hydrogens is 220 g/mol. The number of cyclic esters (lactones) is 1. The molecule has 0 spiro atoms. The third kappa shape index (κ3) is 2.15. The van der Waals surface area contributed by atoms with Gasteiger partial charge in [-0.3, -0.25) is 0 Å². The summed E-state index contributed by atoms with van der Waals surface area (Å²) >= 11 is 0. The van der Waals surface area contributed by atoms with Gasteiger partial charge >= 0.3 is 5.97 Å². The highest BCUT2D eigenvalue weighted by molar-refractivity contribution is 5.90. The van der Waals surface area contributed by atoms with E-state index in [1.54, 1.807) is 0 Å². The van der Waals surface area contributed by atoms with Gasteiger partial charge in [0.25, 0.3) is 0 Å². The summed E-state index contributed by atoms with van der Waals surface area (Å²) in [7, 11) is 3.00. The molecule has 0 aromatic heterocycles. The van der Waals surface area contributed by atoms with Gasteiger partial charge in [0.2, 0.25) is 5.76 Å². The highest BCUT2D eigenvalue weighted by Crippen LogP contribution is 2.29. The van der Waals surface area contributed by atoms with Gasteiger partial charge in [-0.1, -0.05) is 30.3 Å². The molecule has 0 amide bonds. The van der Waals surface area contributed by atoms with E-state index in [9.17, 15) is 4.79 Å². The number of hydrogen-bond donors (Lipinski definition) is 0. The SMILES string of the molecule is COC1=CC(=O)OC1=C(OC)c1ccccc1. The number of benzene rings is 1. The molecule has 1 aliphatic rings. The number of hydrogen-bond acceptors (Lipinski definition) is 4. The normalized spacial score (nSPS) is 17.3. The maximum absolute atomic E-state index is 11.2. The topological polar surface area (TPSA) is 44.8 Å². The Morgan fingerprint density at radius 2 is 1.88 bits per heavy atom. The van der Waals surface area contributed by atoms with Crippen LogP contribution in [0.15, 0.2) is 47.9 Å². The minimum atomic E-state index is -0.456. The maximum Gasteiger partial charge on any atom is 0.340 e. The molecule has 1 aromatic rings. The van der Waals surface area contributed by atoms with Crippen LogP contribution in [0.5, 0.6) is 0 Å². The highest BCUT2D eigenvalue weighted by Gasteiger charge is 2.26. The maximum atomic E-state index is 11.2. The summed E-state index contributed by atoms with van der Waals surface area (Å²) in [5.41, 5.74) is 0.822. The second-order valence-electron chi connectivity index (χ2n) is 3.36. The first-order valence-corrected chi connectivity index (χ1v) is 5.08. The van der Waals surface area contributed by atoms with Crippen molar-refractivity contribution >= 4 is 11.7 Å². The molecule has 0 bridgehead atoms. The van der Waals surface area contributed by atoms with Crippen LogP contribution in [0.2, 0.25) is 0 Å². The van der Waals surface area contributed by atoms with E-state index in [4.69, 9.17) is 14.2 Å². The Morgan fingerprint density at radius 1 is 1.18 bits per heavy atom. The fraction of sp³-hybridized carbons (Fsp3) is 0.154. The average Bonchev–Trinajstić information content (AvgIpc) is 2.73. The molecule has 0 aliphatic carbocycles. The standard InChI is InChI=1S/C13H12O4/c1-15-10-8-11(14)17-13(10)12(16-2)9-6-4-3-5-7-9/h3-8H,1-2H3. The molecule has 1 aromatic carbocycles. The minimum absolute atomic E-state index is 0.311. The minimum Gasteiger partial charge on any atom is -0.492 e. The van der Waals surface area contributed by atoms with Crippen molar-refractivity contribution in [1.29, 1.82) is 0 Å². The molecule has 0 unspecified atom stereocenters. The third-order valence-corrected chi connectivity index (χ3v) is 2.34. The van der Waals surface area contributed by atoms with Crippen LogP contribution in [0.4, 0.5) is 0 Å². The summed E-state index contributed by atoms with van der Waals surface area (Å²) in [6, 6.07) is 9.38. The summed E-state index contributed by atoms with van der Waals surface area (Å²) in [4.78, 5) is 11.2. The van der Waals surface area contributed by atoms with E-state index in [2.05, 4.69) is 0 Å². The van der Waals surface area contributed by atoms with E-state index in [0.717, 1.165) is 5.56 Å². The largest absolute Gasteiger partial charge is 0.492 e. The van der Waals surface area contributed by atoms with E-state index in [1.807, 2.05) is 30.3 Å². The van der Waals surface area contributed by atoms with Crippen molar-refractivity contribution in [3.63, 3.8) is 0 Å². The number of esters is 1. The van der Waals surface area contributed by atoms with Crippen LogP contribution < -0.4 is 0 Å². The second kappa shape index (κ2) is 4.74. The molecule has 0 N–H and O–H groups in total. The smallest absolute Gasteiger partial charge is 0.340 e. The molecule has 17 heavy (non-hydrogen) atoms. The molecule has 2 rings (SSSR count). The number of ether oxygens (including phenoxy) is 3. The molecule has 1 aliphatic heterocycles. The van der Waals surface area contributed by atoms with Crippen molar-refractivity contribution in [3.8, 4) is 0 Å². The zero-order valence-corrected chi connectivity index (χ0v) is 9.60. The van der Waals surface area contributed by atoms with Crippen molar-refractivity contribution < 1.29 is 19.0 Å². The fourth-order valence-corrected chi connectivity index (χ4v) is 1.59. The summed E-state index contributed by atoms with van der Waals surface area (Å²) in [5.74, 6) is 0.703. The Morgan fingerprint density at radius 3 is 2.47 bits per heavy atom. The van der Waals surface area contributed by atoms with Gasteiger partial charge in [-0.05, 0) is 0 Å². The molecule has 0 saturated carbocycles. The number of methoxy groups -OCH3 is 2. The Balaban J connectivity index is 2.48. The lowest BCUT2D eigenvalue weighted by molar-refractivity contribution is -0.132. The lowest BCUT2D eigenvalue weighted by Crippen LogP contribution is -1.99. The van der Waals surface area contributed by atoms with Crippen molar-refractivity contribution in [2.75, 3.05) is 14.2 Å². The fourth-order valence-electron chi connectivity index (χ4n) is 1.59. The number of rotatable bonds is 3. The van der Waals surface area contributed by atoms with Gasteiger partial charge < -0.3 is 14.2 Å². The van der Waals surface area contributed by atoms with Gasteiger partial charge in [-0.25, -0.2) is 4.79 Å². The lowest BCUT2D eigenvalue weighted by atomic mass is 10.1. The highest BCUT2D eigenvalue weighted by atomic mass is 16.6. The van der Waals surface area contributed by atoms with Gasteiger partial charge in [-0.2, -0.15) is 0 Å². The van der Waals surface area contributed by atoms with Crippen LogP contribution in [-0.2, 0) is 19.0 Å². The molecule has 4 heteroatoms. The average molecular weight is 232 g/mol. The van der Waals surface area contributed by atoms with Gasteiger partial charge in [0.15, 0.2) is 11.5 Å². The molecular formula is C13H12O4. The van der Waals surface area contributed by atoms with Crippen LogP contribution in [0.25, 0.3) is 5.76 Å². The summed E-state index contributed by atoms with van der Waals surface area (Å²) < 4.78 is 15.4. The lowest BCUT2D eigenvalue weighted by Gasteiger charge is -2.11. The summed E-state index contributed by atoms with van der Waals surface area (Å²) in [6.07, 6.45) is 1.29. The molecule has 1 heterocycles. The summed E-state index contributed by atoms with van der Waals surface area (Å²) in [6.45, 7) is 0. The van der Waals surface area contributed by atoms with E-state index in [1.165, 1.54) is 20.3 Å². The van der Waals surface area contributed by atoms with Crippen LogP contribution in [0, 0.1) is 0 Å². The van der Waals surface area contributed by atoms with E-state index in [0.29, 0.717) is 17.3 Å². The molecule has 4 nitrogen and oxygen atoms in total. The Bertz CT molecular complexity index is 485. The van der Waals surface area contributed by atoms with Gasteiger partial charge in [0, 0.05) is 5.56 Å².